The Kier molecular flexibility index (Phi) is 5.04. The average Bonchev–Trinajstić information content (AvgIpc) is 3.18. The number of rotatable bonds is 4. The van der Waals surface area contributed by atoms with Gasteiger partial charge in [-0.15, -0.1) is 0 Å². The highest BCUT2D eigenvalue weighted by molar-refractivity contribution is 5.79. The molecule has 1 aromatic heterocycles. The molecule has 3 aliphatic heterocycles. The van der Waals surface area contributed by atoms with Gasteiger partial charge >= 0.3 is 0 Å². The van der Waals surface area contributed by atoms with E-state index in [-0.39, 0.29) is 5.54 Å². The summed E-state index contributed by atoms with van der Waals surface area (Å²) in [7, 11) is 0. The fraction of sp³-hybridized carbons (Fsp3) is 0.700. The van der Waals surface area contributed by atoms with Crippen LogP contribution in [0.3, 0.4) is 0 Å². The third kappa shape index (κ3) is 3.72. The molecule has 0 aliphatic carbocycles. The lowest BCUT2D eigenvalue weighted by atomic mass is 9.87. The van der Waals surface area contributed by atoms with Crippen molar-refractivity contribution in [3.63, 3.8) is 0 Å². The van der Waals surface area contributed by atoms with Crippen LogP contribution in [0, 0.1) is 5.92 Å². The summed E-state index contributed by atoms with van der Waals surface area (Å²) in [5.74, 6) is 1.02. The van der Waals surface area contributed by atoms with Crippen LogP contribution in [0.15, 0.2) is 24.5 Å². The SMILES string of the molecule is O=C1CC[C@]2(CCCN(C[C@H]3CCOC3)CC2)N1Cc1cccnc1. The Morgan fingerprint density at radius 3 is 3.04 bits per heavy atom. The molecule has 0 bridgehead atoms. The Bertz CT molecular complexity index is 588. The molecule has 0 N–H and O–H groups in total. The summed E-state index contributed by atoms with van der Waals surface area (Å²) in [5.41, 5.74) is 1.20. The molecule has 4 heterocycles. The minimum Gasteiger partial charge on any atom is -0.381 e. The summed E-state index contributed by atoms with van der Waals surface area (Å²) in [6, 6.07) is 4.04. The number of hydrogen-bond donors (Lipinski definition) is 0. The monoisotopic (exact) mass is 343 g/mol. The number of carbonyl (C=O) groups excluding carboxylic acids is 1. The molecule has 5 nitrogen and oxygen atoms in total. The number of likely N-dealkylation sites (tertiary alicyclic amines) is 2. The number of nitrogens with zero attached hydrogens (tertiary/aromatic N) is 3. The summed E-state index contributed by atoms with van der Waals surface area (Å²) in [5, 5.41) is 0. The van der Waals surface area contributed by atoms with Gasteiger partial charge < -0.3 is 14.5 Å². The first kappa shape index (κ1) is 17.0. The third-order valence-electron chi connectivity index (χ3n) is 6.29. The highest BCUT2D eigenvalue weighted by Crippen LogP contribution is 2.40. The molecule has 3 aliphatic rings. The molecular formula is C20H29N3O2. The van der Waals surface area contributed by atoms with E-state index in [1.807, 2.05) is 12.3 Å². The Morgan fingerprint density at radius 1 is 1.28 bits per heavy atom. The van der Waals surface area contributed by atoms with E-state index in [0.717, 1.165) is 57.7 Å². The summed E-state index contributed by atoms with van der Waals surface area (Å²) < 4.78 is 5.54. The summed E-state index contributed by atoms with van der Waals surface area (Å²) in [6.07, 6.45) is 10.0. The lowest BCUT2D eigenvalue weighted by Gasteiger charge is -2.38. The summed E-state index contributed by atoms with van der Waals surface area (Å²) in [4.78, 5) is 21.6. The topological polar surface area (TPSA) is 45.7 Å². The van der Waals surface area contributed by atoms with Crippen molar-refractivity contribution in [2.45, 2.75) is 50.6 Å². The molecule has 0 radical (unpaired) electrons. The molecule has 1 spiro atoms. The molecule has 3 fully saturated rings. The Morgan fingerprint density at radius 2 is 2.24 bits per heavy atom. The second-order valence-corrected chi connectivity index (χ2v) is 7.95. The molecule has 25 heavy (non-hydrogen) atoms. The van der Waals surface area contributed by atoms with Gasteiger partial charge in [-0.05, 0) is 56.2 Å². The molecule has 1 amide bonds. The van der Waals surface area contributed by atoms with Gasteiger partial charge in [-0.2, -0.15) is 0 Å². The minimum absolute atomic E-state index is 0.0633. The van der Waals surface area contributed by atoms with Crippen molar-refractivity contribution in [1.29, 1.82) is 0 Å². The van der Waals surface area contributed by atoms with Crippen LogP contribution in [0.1, 0.15) is 44.1 Å². The first-order chi connectivity index (χ1) is 12.3. The minimum atomic E-state index is 0.0633. The summed E-state index contributed by atoms with van der Waals surface area (Å²) in [6.45, 7) is 5.99. The molecule has 4 rings (SSSR count). The predicted molar refractivity (Wildman–Crippen MR) is 96.0 cm³/mol. The van der Waals surface area contributed by atoms with Crippen molar-refractivity contribution in [2.75, 3.05) is 32.8 Å². The van der Waals surface area contributed by atoms with Gasteiger partial charge in [0.2, 0.25) is 5.91 Å². The lowest BCUT2D eigenvalue weighted by molar-refractivity contribution is -0.132. The van der Waals surface area contributed by atoms with Crippen molar-refractivity contribution in [3.05, 3.63) is 30.1 Å². The van der Waals surface area contributed by atoms with E-state index in [1.165, 1.54) is 12.8 Å². The van der Waals surface area contributed by atoms with Gasteiger partial charge in [0.25, 0.3) is 0 Å². The largest absolute Gasteiger partial charge is 0.381 e. The summed E-state index contributed by atoms with van der Waals surface area (Å²) >= 11 is 0. The molecule has 0 saturated carbocycles. The maximum atomic E-state index is 12.6. The molecule has 3 saturated heterocycles. The number of ether oxygens (including phenoxy) is 1. The van der Waals surface area contributed by atoms with Crippen LogP contribution in [-0.4, -0.2) is 59.1 Å². The van der Waals surface area contributed by atoms with E-state index < -0.39 is 0 Å². The van der Waals surface area contributed by atoms with Crippen LogP contribution in [-0.2, 0) is 16.1 Å². The maximum Gasteiger partial charge on any atom is 0.223 e. The van der Waals surface area contributed by atoms with Gasteiger partial charge in [-0.3, -0.25) is 9.78 Å². The molecule has 136 valence electrons. The van der Waals surface area contributed by atoms with Gasteiger partial charge in [-0.25, -0.2) is 0 Å². The second-order valence-electron chi connectivity index (χ2n) is 7.95. The smallest absolute Gasteiger partial charge is 0.223 e. The number of carbonyl (C=O) groups is 1. The maximum absolute atomic E-state index is 12.6. The number of pyridine rings is 1. The first-order valence-electron chi connectivity index (χ1n) is 9.75. The van der Waals surface area contributed by atoms with Crippen molar-refractivity contribution < 1.29 is 9.53 Å². The number of amides is 1. The zero-order valence-corrected chi connectivity index (χ0v) is 15.0. The zero-order valence-electron chi connectivity index (χ0n) is 15.0. The number of aromatic nitrogens is 1. The van der Waals surface area contributed by atoms with Crippen molar-refractivity contribution in [2.24, 2.45) is 5.92 Å². The standard InChI is InChI=1S/C20H29N3O2/c24-19-4-7-20(23(19)15-17-3-1-9-21-13-17)6-2-10-22(11-8-20)14-18-5-12-25-16-18/h1,3,9,13,18H,2,4-8,10-12,14-16H2/t18-,20+/m1/s1. The highest BCUT2D eigenvalue weighted by atomic mass is 16.5. The normalized spacial score (nSPS) is 31.0. The molecule has 5 heteroatoms. The average molecular weight is 343 g/mol. The van der Waals surface area contributed by atoms with E-state index in [4.69, 9.17) is 4.74 Å². The van der Waals surface area contributed by atoms with E-state index in [0.29, 0.717) is 24.8 Å². The third-order valence-corrected chi connectivity index (χ3v) is 6.29. The van der Waals surface area contributed by atoms with E-state index in [1.54, 1.807) is 6.20 Å². The van der Waals surface area contributed by atoms with Gasteiger partial charge in [-0.1, -0.05) is 6.07 Å². The van der Waals surface area contributed by atoms with E-state index >= 15 is 0 Å². The van der Waals surface area contributed by atoms with Crippen LogP contribution in [0.2, 0.25) is 0 Å². The predicted octanol–water partition coefficient (Wildman–Crippen LogP) is 2.47. The lowest BCUT2D eigenvalue weighted by Crippen LogP contribution is -2.46. The fourth-order valence-corrected chi connectivity index (χ4v) is 4.83. The zero-order chi connectivity index (χ0) is 17.1. The Hall–Kier alpha value is -1.46. The van der Waals surface area contributed by atoms with Crippen LogP contribution >= 0.6 is 0 Å². The molecule has 2 atom stereocenters. The molecule has 1 aromatic rings. The van der Waals surface area contributed by atoms with Crippen LogP contribution in [0.25, 0.3) is 0 Å². The van der Waals surface area contributed by atoms with Crippen molar-refractivity contribution >= 4 is 5.91 Å². The second kappa shape index (κ2) is 7.42. The Balaban J connectivity index is 1.43. The Labute approximate surface area is 150 Å². The van der Waals surface area contributed by atoms with Gasteiger partial charge in [0, 0.05) is 50.6 Å². The molecular weight excluding hydrogens is 314 g/mol. The van der Waals surface area contributed by atoms with Crippen molar-refractivity contribution in [1.82, 2.24) is 14.8 Å². The van der Waals surface area contributed by atoms with Gasteiger partial charge in [0.1, 0.15) is 0 Å². The first-order valence-corrected chi connectivity index (χ1v) is 9.75. The fourth-order valence-electron chi connectivity index (χ4n) is 4.83. The van der Waals surface area contributed by atoms with Crippen LogP contribution in [0.5, 0.6) is 0 Å². The highest BCUT2D eigenvalue weighted by Gasteiger charge is 2.45. The van der Waals surface area contributed by atoms with E-state index in [2.05, 4.69) is 20.9 Å². The molecule has 0 aromatic carbocycles. The van der Waals surface area contributed by atoms with Gasteiger partial charge in [0.05, 0.1) is 6.61 Å². The number of hydrogen-bond acceptors (Lipinski definition) is 4. The van der Waals surface area contributed by atoms with E-state index in [9.17, 15) is 4.79 Å². The van der Waals surface area contributed by atoms with Crippen LogP contribution in [0.4, 0.5) is 0 Å². The quantitative estimate of drug-likeness (QED) is 0.842. The van der Waals surface area contributed by atoms with Crippen molar-refractivity contribution in [3.8, 4) is 0 Å². The van der Waals surface area contributed by atoms with Gasteiger partial charge in [0.15, 0.2) is 0 Å². The van der Waals surface area contributed by atoms with Crippen LogP contribution < -0.4 is 0 Å². The molecule has 0 unspecified atom stereocenters.